The number of carboxylic acid groups (broad SMARTS) is 1. The first-order chi connectivity index (χ1) is 15.1. The Morgan fingerprint density at radius 2 is 1.69 bits per heavy atom. The molecule has 1 aromatic rings. The van der Waals surface area contributed by atoms with Gasteiger partial charge in [0, 0.05) is 32.2 Å². The number of ether oxygens (including phenoxy) is 2. The average Bonchev–Trinajstić information content (AvgIpc) is 2.76. The monoisotopic (exact) mass is 463 g/mol. The van der Waals surface area contributed by atoms with Gasteiger partial charge in [0.05, 0.1) is 6.61 Å². The third-order valence-electron chi connectivity index (χ3n) is 4.30. The first-order valence-electron chi connectivity index (χ1n) is 10.0. The molecule has 0 bridgehead atoms. The highest BCUT2D eigenvalue weighted by Gasteiger charge is 2.38. The number of likely N-dealkylation sites (tertiary alicyclic amines) is 1. The minimum atomic E-state index is -5.08. The maximum absolute atomic E-state index is 11.6. The van der Waals surface area contributed by atoms with Crippen molar-refractivity contribution in [2.75, 3.05) is 32.8 Å². The molecule has 0 atom stereocenters. The van der Waals surface area contributed by atoms with Crippen LogP contribution in [0.1, 0.15) is 25.3 Å². The van der Waals surface area contributed by atoms with Crippen LogP contribution >= 0.6 is 0 Å². The molecule has 32 heavy (non-hydrogen) atoms. The molecule has 1 aromatic carbocycles. The van der Waals surface area contributed by atoms with E-state index in [0.717, 1.165) is 18.4 Å². The summed E-state index contributed by atoms with van der Waals surface area (Å²) in [6.45, 7) is 5.06. The molecular formula is C20H28F3N3O6. The number of carbonyl (C=O) groups is 3. The Labute approximate surface area is 183 Å². The highest BCUT2D eigenvalue weighted by Crippen LogP contribution is 2.13. The average molecular weight is 463 g/mol. The number of aliphatic carboxylic acids is 1. The molecule has 0 radical (unpaired) electrons. The second-order valence-corrected chi connectivity index (χ2v) is 6.71. The van der Waals surface area contributed by atoms with Crippen LogP contribution in [0, 0.1) is 0 Å². The molecule has 12 heteroatoms. The van der Waals surface area contributed by atoms with Crippen LogP contribution in [0.3, 0.4) is 0 Å². The Kier molecular flexibility index (Phi) is 11.9. The maximum Gasteiger partial charge on any atom is 0.490 e. The smallest absolute Gasteiger partial charge is 0.475 e. The first-order valence-corrected chi connectivity index (χ1v) is 10.0. The van der Waals surface area contributed by atoms with Crippen LogP contribution < -0.4 is 10.6 Å². The Morgan fingerprint density at radius 1 is 1.09 bits per heavy atom. The number of carbonyl (C=O) groups excluding carboxylic acids is 2. The van der Waals surface area contributed by atoms with E-state index >= 15 is 0 Å². The van der Waals surface area contributed by atoms with E-state index in [1.165, 1.54) is 0 Å². The van der Waals surface area contributed by atoms with Crippen molar-refractivity contribution in [3.63, 3.8) is 0 Å². The van der Waals surface area contributed by atoms with Gasteiger partial charge in [0.1, 0.15) is 6.61 Å². The van der Waals surface area contributed by atoms with Gasteiger partial charge < -0.3 is 30.1 Å². The maximum atomic E-state index is 11.6. The van der Waals surface area contributed by atoms with Gasteiger partial charge in [-0.1, -0.05) is 30.3 Å². The lowest BCUT2D eigenvalue weighted by Gasteiger charge is -2.31. The third kappa shape index (κ3) is 11.4. The summed E-state index contributed by atoms with van der Waals surface area (Å²) in [7, 11) is 0. The van der Waals surface area contributed by atoms with Crippen molar-refractivity contribution < 1.29 is 42.1 Å². The van der Waals surface area contributed by atoms with Gasteiger partial charge >= 0.3 is 24.3 Å². The van der Waals surface area contributed by atoms with E-state index in [0.29, 0.717) is 38.8 Å². The molecule has 0 unspecified atom stereocenters. The van der Waals surface area contributed by atoms with E-state index in [9.17, 15) is 22.8 Å². The Balaban J connectivity index is 0.000000633. The first kappa shape index (κ1) is 27.0. The molecule has 0 saturated carbocycles. The number of alkyl carbamates (subject to hydrolysis) is 1. The van der Waals surface area contributed by atoms with Crippen LogP contribution in [0.25, 0.3) is 0 Å². The number of amides is 2. The Bertz CT molecular complexity index is 710. The fourth-order valence-electron chi connectivity index (χ4n) is 2.70. The Morgan fingerprint density at radius 3 is 2.22 bits per heavy atom. The van der Waals surface area contributed by atoms with Gasteiger partial charge in [-0.2, -0.15) is 13.2 Å². The number of hydrogen-bond acceptors (Lipinski definition) is 6. The second-order valence-electron chi connectivity index (χ2n) is 6.71. The van der Waals surface area contributed by atoms with E-state index in [4.69, 9.17) is 19.4 Å². The van der Waals surface area contributed by atoms with Crippen molar-refractivity contribution in [3.05, 3.63) is 35.9 Å². The summed E-state index contributed by atoms with van der Waals surface area (Å²) in [6.07, 6.45) is -3.96. The van der Waals surface area contributed by atoms with Gasteiger partial charge in [-0.3, -0.25) is 0 Å². The van der Waals surface area contributed by atoms with Crippen molar-refractivity contribution >= 4 is 18.2 Å². The predicted octanol–water partition coefficient (Wildman–Crippen LogP) is 2.76. The minimum absolute atomic E-state index is 0.233. The highest BCUT2D eigenvalue weighted by molar-refractivity contribution is 5.73. The summed E-state index contributed by atoms with van der Waals surface area (Å²) in [4.78, 5) is 33.9. The van der Waals surface area contributed by atoms with Gasteiger partial charge in [-0.25, -0.2) is 14.4 Å². The number of halogens is 3. The summed E-state index contributed by atoms with van der Waals surface area (Å²) in [5.74, 6) is -2.76. The molecule has 2 amide bonds. The van der Waals surface area contributed by atoms with E-state index in [1.807, 2.05) is 37.3 Å². The predicted molar refractivity (Wildman–Crippen MR) is 108 cm³/mol. The lowest BCUT2D eigenvalue weighted by Crippen LogP contribution is -2.46. The fraction of sp³-hybridized carbons (Fsp3) is 0.550. The van der Waals surface area contributed by atoms with Gasteiger partial charge in [-0.15, -0.1) is 0 Å². The van der Waals surface area contributed by atoms with E-state index in [2.05, 4.69) is 10.6 Å². The number of rotatable bonds is 7. The fourth-order valence-corrected chi connectivity index (χ4v) is 2.70. The zero-order valence-electron chi connectivity index (χ0n) is 17.7. The summed E-state index contributed by atoms with van der Waals surface area (Å²) in [5, 5.41) is 13.2. The lowest BCUT2D eigenvalue weighted by molar-refractivity contribution is -0.192. The molecule has 1 aliphatic rings. The number of carboxylic acids is 1. The lowest BCUT2D eigenvalue weighted by atomic mass is 10.1. The van der Waals surface area contributed by atoms with Crippen molar-refractivity contribution in [2.24, 2.45) is 0 Å². The van der Waals surface area contributed by atoms with Crippen molar-refractivity contribution in [3.8, 4) is 0 Å². The van der Waals surface area contributed by atoms with Crippen LogP contribution in [-0.2, 0) is 20.9 Å². The third-order valence-corrected chi connectivity index (χ3v) is 4.30. The minimum Gasteiger partial charge on any atom is -0.475 e. The zero-order valence-corrected chi connectivity index (χ0v) is 17.7. The molecule has 1 aliphatic heterocycles. The summed E-state index contributed by atoms with van der Waals surface area (Å²) < 4.78 is 41.9. The van der Waals surface area contributed by atoms with E-state index in [1.54, 1.807) is 4.90 Å². The van der Waals surface area contributed by atoms with Crippen molar-refractivity contribution in [2.45, 2.75) is 38.6 Å². The molecule has 180 valence electrons. The SMILES string of the molecule is CCOC(=O)N1CCC(NCCNC(=O)OCc2ccccc2)CC1.O=C(O)C(F)(F)F. The molecule has 1 heterocycles. The quantitative estimate of drug-likeness (QED) is 0.533. The summed E-state index contributed by atoms with van der Waals surface area (Å²) in [6, 6.07) is 9.93. The van der Waals surface area contributed by atoms with Crippen LogP contribution in [0.15, 0.2) is 30.3 Å². The van der Waals surface area contributed by atoms with E-state index in [-0.39, 0.29) is 12.7 Å². The standard InChI is InChI=1S/C18H27N3O4.C2HF3O2/c1-2-24-18(23)21-12-8-16(9-13-21)19-10-11-20-17(22)25-14-15-6-4-3-5-7-15;3-2(4,5)1(6)7/h3-7,16,19H,2,8-14H2,1H3,(H,20,22);(H,6,7). The molecule has 0 aliphatic carbocycles. The van der Waals surface area contributed by atoms with Crippen LogP contribution in [0.2, 0.25) is 0 Å². The van der Waals surface area contributed by atoms with Crippen LogP contribution in [0.5, 0.6) is 0 Å². The number of nitrogens with zero attached hydrogens (tertiary/aromatic N) is 1. The second kappa shape index (κ2) is 14.1. The van der Waals surface area contributed by atoms with Crippen LogP contribution in [0.4, 0.5) is 22.8 Å². The number of nitrogens with one attached hydrogen (secondary N) is 2. The number of alkyl halides is 3. The summed E-state index contributed by atoms with van der Waals surface area (Å²) >= 11 is 0. The highest BCUT2D eigenvalue weighted by atomic mass is 19.4. The molecule has 1 fully saturated rings. The van der Waals surface area contributed by atoms with Gasteiger partial charge in [0.15, 0.2) is 0 Å². The van der Waals surface area contributed by atoms with Crippen molar-refractivity contribution in [1.82, 2.24) is 15.5 Å². The largest absolute Gasteiger partial charge is 0.490 e. The van der Waals surface area contributed by atoms with Gasteiger partial charge in [0.2, 0.25) is 0 Å². The van der Waals surface area contributed by atoms with E-state index < -0.39 is 18.2 Å². The number of piperidine rings is 1. The molecular weight excluding hydrogens is 435 g/mol. The number of hydrogen-bond donors (Lipinski definition) is 3. The summed E-state index contributed by atoms with van der Waals surface area (Å²) in [5.41, 5.74) is 0.962. The molecule has 2 rings (SSSR count). The van der Waals surface area contributed by atoms with Crippen molar-refractivity contribution in [1.29, 1.82) is 0 Å². The topological polar surface area (TPSA) is 117 Å². The molecule has 9 nitrogen and oxygen atoms in total. The van der Waals surface area contributed by atoms with Crippen LogP contribution in [-0.4, -0.2) is 73.2 Å². The number of benzene rings is 1. The molecule has 3 N–H and O–H groups in total. The molecule has 0 spiro atoms. The zero-order chi connectivity index (χ0) is 24.0. The molecule has 0 aromatic heterocycles. The molecule has 1 saturated heterocycles. The van der Waals surface area contributed by atoms with Gasteiger partial charge in [0.25, 0.3) is 0 Å². The van der Waals surface area contributed by atoms with Gasteiger partial charge in [-0.05, 0) is 25.3 Å². The Hall–Kier alpha value is -3.02. The normalized spacial score (nSPS) is 14.1.